The first-order valence-electron chi connectivity index (χ1n) is 8.39. The van der Waals surface area contributed by atoms with E-state index in [-0.39, 0.29) is 6.10 Å². The molecule has 0 saturated carbocycles. The molecule has 1 saturated heterocycles. The minimum absolute atomic E-state index is 0.349. The topological polar surface area (TPSA) is 32.7 Å². The van der Waals surface area contributed by atoms with Gasteiger partial charge in [0.15, 0.2) is 0 Å². The van der Waals surface area contributed by atoms with Crippen LogP contribution < -0.4 is 0 Å². The Balaban J connectivity index is 1.81. The Labute approximate surface area is 171 Å². The lowest BCUT2D eigenvalue weighted by Crippen LogP contribution is -2.54. The molecule has 140 valence electrons. The van der Waals surface area contributed by atoms with Crippen molar-refractivity contribution in [2.24, 2.45) is 0 Å². The second-order valence-electron chi connectivity index (χ2n) is 6.49. The number of aliphatic hydroxyl groups is 1. The fourth-order valence-electron chi connectivity index (χ4n) is 3.22. The Morgan fingerprint density at radius 2 is 1.85 bits per heavy atom. The van der Waals surface area contributed by atoms with Gasteiger partial charge >= 0.3 is 0 Å². The van der Waals surface area contributed by atoms with Crippen molar-refractivity contribution in [1.82, 2.24) is 4.90 Å². The highest BCUT2D eigenvalue weighted by Gasteiger charge is 2.43. The van der Waals surface area contributed by atoms with E-state index in [1.54, 1.807) is 24.3 Å². The standard InChI is InChI=1S/C19H21Cl3NO2P/c20-15-4-2-14(3-5-15)19(24)7-8-23(12-26)10-18(19)25-11-13-1-6-16(21)17(22)9-13/h1-6,9,18,24H,7-8,10-12,26H2. The van der Waals surface area contributed by atoms with E-state index >= 15 is 0 Å². The van der Waals surface area contributed by atoms with E-state index in [0.717, 1.165) is 24.0 Å². The summed E-state index contributed by atoms with van der Waals surface area (Å²) in [6, 6.07) is 12.8. The van der Waals surface area contributed by atoms with Gasteiger partial charge < -0.3 is 9.84 Å². The van der Waals surface area contributed by atoms with E-state index in [9.17, 15) is 5.11 Å². The molecule has 2 aromatic rings. The van der Waals surface area contributed by atoms with Gasteiger partial charge in [0.25, 0.3) is 0 Å². The van der Waals surface area contributed by atoms with Crippen molar-refractivity contribution >= 4 is 44.0 Å². The molecule has 1 N–H and O–H groups in total. The number of nitrogens with zero attached hydrogens (tertiary/aromatic N) is 1. The van der Waals surface area contributed by atoms with E-state index in [4.69, 9.17) is 39.5 Å². The summed E-state index contributed by atoms with van der Waals surface area (Å²) in [5, 5.41) is 13.1. The first-order chi connectivity index (χ1) is 12.4. The third kappa shape index (κ3) is 4.54. The molecular formula is C19H21Cl3NO2P. The maximum atomic E-state index is 11.4. The monoisotopic (exact) mass is 431 g/mol. The molecule has 2 aromatic carbocycles. The van der Waals surface area contributed by atoms with Crippen LogP contribution in [0.1, 0.15) is 17.5 Å². The molecule has 1 aliphatic rings. The van der Waals surface area contributed by atoms with Gasteiger partial charge in [0.05, 0.1) is 16.7 Å². The number of benzene rings is 2. The lowest BCUT2D eigenvalue weighted by Gasteiger charge is -2.44. The van der Waals surface area contributed by atoms with E-state index in [1.807, 2.05) is 18.2 Å². The summed E-state index contributed by atoms with van der Waals surface area (Å²) >= 11 is 18.1. The zero-order valence-corrected chi connectivity index (χ0v) is 17.6. The highest BCUT2D eigenvalue weighted by molar-refractivity contribution is 7.16. The average molecular weight is 433 g/mol. The fraction of sp³-hybridized carbons (Fsp3) is 0.368. The molecule has 3 nitrogen and oxygen atoms in total. The predicted molar refractivity (Wildman–Crippen MR) is 111 cm³/mol. The number of likely N-dealkylation sites (tertiary alicyclic amines) is 1. The van der Waals surface area contributed by atoms with Crippen LogP contribution in [0.15, 0.2) is 42.5 Å². The van der Waals surface area contributed by atoms with Crippen molar-refractivity contribution in [2.45, 2.75) is 24.7 Å². The highest BCUT2D eigenvalue weighted by Crippen LogP contribution is 2.36. The molecule has 0 bridgehead atoms. The number of rotatable bonds is 5. The molecule has 3 atom stereocenters. The molecular weight excluding hydrogens is 412 g/mol. The fourth-order valence-corrected chi connectivity index (χ4v) is 4.00. The molecule has 3 unspecified atom stereocenters. The minimum atomic E-state index is -1.06. The zero-order chi connectivity index (χ0) is 18.7. The van der Waals surface area contributed by atoms with E-state index in [2.05, 4.69) is 14.1 Å². The van der Waals surface area contributed by atoms with Gasteiger partial charge in [-0.2, -0.15) is 0 Å². The van der Waals surface area contributed by atoms with E-state index < -0.39 is 5.60 Å². The lowest BCUT2D eigenvalue weighted by atomic mass is 9.82. The second-order valence-corrected chi connectivity index (χ2v) is 8.10. The summed E-state index contributed by atoms with van der Waals surface area (Å²) in [4.78, 5) is 2.24. The normalized spacial score (nSPS) is 24.0. The van der Waals surface area contributed by atoms with Crippen LogP contribution in [0.3, 0.4) is 0 Å². The van der Waals surface area contributed by atoms with Crippen molar-refractivity contribution in [3.63, 3.8) is 0 Å². The van der Waals surface area contributed by atoms with Gasteiger partial charge in [-0.3, -0.25) is 4.90 Å². The van der Waals surface area contributed by atoms with Gasteiger partial charge in [0.1, 0.15) is 11.7 Å². The number of piperidine rings is 1. The summed E-state index contributed by atoms with van der Waals surface area (Å²) in [5.74, 6) is 0. The van der Waals surface area contributed by atoms with Gasteiger partial charge in [-0.05, 0) is 41.8 Å². The van der Waals surface area contributed by atoms with Crippen molar-refractivity contribution < 1.29 is 9.84 Å². The summed E-state index contributed by atoms with van der Waals surface area (Å²) in [7, 11) is 2.73. The Morgan fingerprint density at radius 1 is 1.12 bits per heavy atom. The van der Waals surface area contributed by atoms with Crippen LogP contribution in [-0.2, 0) is 16.9 Å². The molecule has 1 heterocycles. The Bertz CT molecular complexity index is 759. The van der Waals surface area contributed by atoms with Crippen LogP contribution in [-0.4, -0.2) is 35.5 Å². The average Bonchev–Trinajstić information content (AvgIpc) is 2.64. The molecule has 0 spiro atoms. The summed E-state index contributed by atoms with van der Waals surface area (Å²) in [6.45, 7) is 1.79. The molecule has 0 amide bonds. The number of hydrogen-bond donors (Lipinski definition) is 1. The van der Waals surface area contributed by atoms with Crippen LogP contribution in [0.4, 0.5) is 0 Å². The SMILES string of the molecule is OC1(c2ccc(Cl)cc2)CCN(CP)CC1OCc1ccc(Cl)c(Cl)c1. The molecule has 26 heavy (non-hydrogen) atoms. The summed E-state index contributed by atoms with van der Waals surface area (Å²) in [5.41, 5.74) is 0.683. The highest BCUT2D eigenvalue weighted by atomic mass is 35.5. The first-order valence-corrected chi connectivity index (χ1v) is 10.3. The van der Waals surface area contributed by atoms with Crippen LogP contribution in [0, 0.1) is 0 Å². The Morgan fingerprint density at radius 3 is 2.50 bits per heavy atom. The first kappa shape index (κ1) is 20.4. The van der Waals surface area contributed by atoms with Crippen molar-refractivity contribution in [2.75, 3.05) is 19.4 Å². The maximum absolute atomic E-state index is 11.4. The van der Waals surface area contributed by atoms with Gasteiger partial charge in [0.2, 0.25) is 0 Å². The molecule has 0 aromatic heterocycles. The van der Waals surface area contributed by atoms with Crippen molar-refractivity contribution in [3.05, 3.63) is 68.7 Å². The van der Waals surface area contributed by atoms with Crippen LogP contribution in [0.2, 0.25) is 15.1 Å². The molecule has 1 fully saturated rings. The molecule has 1 aliphatic heterocycles. The number of ether oxygens (including phenoxy) is 1. The Hall–Kier alpha value is -0.380. The third-order valence-electron chi connectivity index (χ3n) is 4.80. The molecule has 7 heteroatoms. The van der Waals surface area contributed by atoms with Gasteiger partial charge in [-0.15, -0.1) is 9.24 Å². The zero-order valence-electron chi connectivity index (χ0n) is 14.2. The predicted octanol–water partition coefficient (Wildman–Crippen LogP) is 4.96. The quantitative estimate of drug-likeness (QED) is 0.678. The largest absolute Gasteiger partial charge is 0.382 e. The molecule has 3 rings (SSSR count). The van der Waals surface area contributed by atoms with Crippen LogP contribution >= 0.6 is 44.0 Å². The number of halogens is 3. The van der Waals surface area contributed by atoms with E-state index in [0.29, 0.717) is 34.6 Å². The van der Waals surface area contributed by atoms with E-state index in [1.165, 1.54) is 0 Å². The third-order valence-corrected chi connectivity index (χ3v) is 6.31. The van der Waals surface area contributed by atoms with Crippen molar-refractivity contribution in [3.8, 4) is 0 Å². The molecule has 0 radical (unpaired) electrons. The second kappa shape index (κ2) is 8.75. The number of hydrogen-bond acceptors (Lipinski definition) is 3. The van der Waals surface area contributed by atoms with Crippen molar-refractivity contribution in [1.29, 1.82) is 0 Å². The van der Waals surface area contributed by atoms with Crippen LogP contribution in [0.25, 0.3) is 0 Å². The lowest BCUT2D eigenvalue weighted by molar-refractivity contribution is -0.154. The smallest absolute Gasteiger partial charge is 0.118 e. The Kier molecular flexibility index (Phi) is 6.85. The summed E-state index contributed by atoms with van der Waals surface area (Å²) < 4.78 is 6.16. The maximum Gasteiger partial charge on any atom is 0.118 e. The van der Waals surface area contributed by atoms with Gasteiger partial charge in [-0.25, -0.2) is 0 Å². The van der Waals surface area contributed by atoms with Gasteiger partial charge in [0, 0.05) is 24.4 Å². The molecule has 0 aliphatic carbocycles. The van der Waals surface area contributed by atoms with Gasteiger partial charge in [-0.1, -0.05) is 53.0 Å². The summed E-state index contributed by atoms with van der Waals surface area (Å²) in [6.07, 6.45) is 1.06. The van der Waals surface area contributed by atoms with Crippen LogP contribution in [0.5, 0.6) is 0 Å². The minimum Gasteiger partial charge on any atom is -0.382 e.